The van der Waals surface area contributed by atoms with Crippen molar-refractivity contribution in [1.82, 2.24) is 14.9 Å². The van der Waals surface area contributed by atoms with Crippen LogP contribution in [0.1, 0.15) is 23.2 Å². The smallest absolute Gasteiger partial charge is 0.264 e. The molecule has 9 heteroatoms. The van der Waals surface area contributed by atoms with Gasteiger partial charge in [-0.15, -0.1) is 0 Å². The number of anilines is 1. The number of hydrogen-bond acceptors (Lipinski definition) is 7. The van der Waals surface area contributed by atoms with Crippen molar-refractivity contribution in [2.75, 3.05) is 38.3 Å². The summed E-state index contributed by atoms with van der Waals surface area (Å²) in [6, 6.07) is 13.5. The Morgan fingerprint density at radius 1 is 1.06 bits per heavy atom. The van der Waals surface area contributed by atoms with Crippen LogP contribution >= 0.6 is 0 Å². The van der Waals surface area contributed by atoms with Crippen molar-refractivity contribution in [3.8, 4) is 11.1 Å². The molecule has 4 rings (SSSR count). The maximum atomic E-state index is 12.2. The summed E-state index contributed by atoms with van der Waals surface area (Å²) >= 11 is 0. The second-order valence-electron chi connectivity index (χ2n) is 8.16. The van der Waals surface area contributed by atoms with E-state index in [1.807, 2.05) is 42.5 Å². The van der Waals surface area contributed by atoms with Gasteiger partial charge < -0.3 is 9.80 Å². The molecule has 0 saturated carbocycles. The van der Waals surface area contributed by atoms with Crippen molar-refractivity contribution in [1.29, 1.82) is 0 Å². The lowest BCUT2D eigenvalue weighted by atomic mass is 10.00. The molecule has 2 aromatic carbocycles. The molecule has 3 aromatic rings. The molecule has 32 heavy (non-hydrogen) atoms. The molecule has 1 fully saturated rings. The molecule has 8 nitrogen and oxygen atoms in total. The number of piperidine rings is 1. The Kier molecular flexibility index (Phi) is 6.12. The van der Waals surface area contributed by atoms with E-state index in [9.17, 15) is 13.2 Å². The summed E-state index contributed by atoms with van der Waals surface area (Å²) in [5, 5.41) is 0.931. The van der Waals surface area contributed by atoms with Crippen LogP contribution < -0.4 is 4.90 Å². The number of rotatable bonds is 5. The Hall–Kier alpha value is -3.04. The molecule has 168 valence electrons. The second kappa shape index (κ2) is 8.84. The first-order valence-corrected chi connectivity index (χ1v) is 12.2. The van der Waals surface area contributed by atoms with E-state index in [0.717, 1.165) is 34.1 Å². The van der Waals surface area contributed by atoms with Crippen molar-refractivity contribution in [2.24, 2.45) is 0 Å². The lowest BCUT2D eigenvalue weighted by Gasteiger charge is -2.32. The van der Waals surface area contributed by atoms with Gasteiger partial charge in [-0.1, -0.05) is 24.3 Å². The summed E-state index contributed by atoms with van der Waals surface area (Å²) in [4.78, 5) is 25.0. The van der Waals surface area contributed by atoms with Crippen molar-refractivity contribution in [2.45, 2.75) is 18.9 Å². The third-order valence-corrected chi connectivity index (χ3v) is 6.17. The number of hydrogen-bond donors (Lipinski definition) is 0. The van der Waals surface area contributed by atoms with Gasteiger partial charge in [-0.3, -0.25) is 8.98 Å². The van der Waals surface area contributed by atoms with Crippen molar-refractivity contribution < 1.29 is 17.4 Å². The maximum Gasteiger partial charge on any atom is 0.264 e. The van der Waals surface area contributed by atoms with Gasteiger partial charge in [0, 0.05) is 43.7 Å². The van der Waals surface area contributed by atoms with Gasteiger partial charge in [-0.05, 0) is 36.6 Å². The Bertz CT molecular complexity index is 1230. The second-order valence-corrected chi connectivity index (χ2v) is 9.76. The number of carbonyl (C=O) groups is 1. The fraction of sp³-hybridized carbons (Fsp3) is 0.348. The Labute approximate surface area is 188 Å². The van der Waals surface area contributed by atoms with Crippen LogP contribution in [0.15, 0.2) is 48.8 Å². The first-order valence-electron chi connectivity index (χ1n) is 10.4. The topological polar surface area (TPSA) is 92.7 Å². The fourth-order valence-electron chi connectivity index (χ4n) is 4.02. The molecular weight excluding hydrogens is 428 g/mol. The average molecular weight is 455 g/mol. The first-order chi connectivity index (χ1) is 15.2. The maximum absolute atomic E-state index is 12.2. The van der Waals surface area contributed by atoms with Gasteiger partial charge in [-0.25, -0.2) is 9.97 Å². The quantitative estimate of drug-likeness (QED) is 0.547. The molecule has 1 saturated heterocycles. The van der Waals surface area contributed by atoms with E-state index in [0.29, 0.717) is 31.5 Å². The summed E-state index contributed by atoms with van der Waals surface area (Å²) in [5.41, 5.74) is 3.40. The number of aromatic nitrogens is 2. The minimum atomic E-state index is -3.46. The van der Waals surface area contributed by atoms with Crippen molar-refractivity contribution in [3.05, 3.63) is 54.4 Å². The van der Waals surface area contributed by atoms with E-state index >= 15 is 0 Å². The van der Waals surface area contributed by atoms with E-state index in [2.05, 4.69) is 14.9 Å². The molecule has 0 aliphatic carbocycles. The number of nitrogens with zero attached hydrogens (tertiary/aromatic N) is 4. The molecule has 0 bridgehead atoms. The van der Waals surface area contributed by atoms with Gasteiger partial charge in [0.25, 0.3) is 16.0 Å². The molecule has 1 aliphatic rings. The van der Waals surface area contributed by atoms with Crippen LogP contribution in [0.5, 0.6) is 0 Å². The number of carbonyl (C=O) groups excluding carboxylic acids is 1. The van der Waals surface area contributed by atoms with Crippen molar-refractivity contribution >= 4 is 32.7 Å². The van der Waals surface area contributed by atoms with E-state index < -0.39 is 10.1 Å². The molecule has 0 spiro atoms. The number of fused-ring (bicyclic) bond motifs is 1. The minimum Gasteiger partial charge on any atom is -0.356 e. The first kappa shape index (κ1) is 22.2. The highest BCUT2D eigenvalue weighted by molar-refractivity contribution is 7.86. The van der Waals surface area contributed by atoms with E-state index in [1.54, 1.807) is 25.3 Å². The molecule has 0 radical (unpaired) electrons. The zero-order valence-corrected chi connectivity index (χ0v) is 19.2. The van der Waals surface area contributed by atoms with Crippen LogP contribution in [-0.2, 0) is 14.3 Å². The van der Waals surface area contributed by atoms with Crippen LogP contribution in [-0.4, -0.2) is 68.7 Å². The van der Waals surface area contributed by atoms with Crippen LogP contribution in [0.2, 0.25) is 0 Å². The molecule has 0 atom stereocenters. The molecule has 2 heterocycles. The molecular formula is C23H26N4O4S. The zero-order chi connectivity index (χ0) is 22.9. The summed E-state index contributed by atoms with van der Waals surface area (Å²) < 4.78 is 28.0. The SMILES string of the molecule is CN(C)C(=O)c1ccc(-c2cccc3c(N4CCC(OS(C)(=O)=O)CC4)ncnc23)cc1. The summed E-state index contributed by atoms with van der Waals surface area (Å²) in [6.45, 7) is 1.30. The van der Waals surface area contributed by atoms with Gasteiger partial charge in [0.1, 0.15) is 12.1 Å². The predicted octanol–water partition coefficient (Wildman–Crippen LogP) is 2.94. The third-order valence-electron chi connectivity index (χ3n) is 5.55. The van der Waals surface area contributed by atoms with Crippen molar-refractivity contribution in [3.63, 3.8) is 0 Å². The number of para-hydroxylation sites is 1. The van der Waals surface area contributed by atoms with Crippen LogP contribution in [0, 0.1) is 0 Å². The largest absolute Gasteiger partial charge is 0.356 e. The van der Waals surface area contributed by atoms with Crippen LogP contribution in [0.25, 0.3) is 22.0 Å². The molecule has 0 N–H and O–H groups in total. The summed E-state index contributed by atoms with van der Waals surface area (Å²) in [6.07, 6.45) is 3.57. The predicted molar refractivity (Wildman–Crippen MR) is 124 cm³/mol. The summed E-state index contributed by atoms with van der Waals surface area (Å²) in [5.74, 6) is 0.788. The van der Waals surface area contributed by atoms with Gasteiger partial charge in [0.15, 0.2) is 0 Å². The fourth-order valence-corrected chi connectivity index (χ4v) is 4.71. The number of amides is 1. The highest BCUT2D eigenvalue weighted by Gasteiger charge is 2.25. The Morgan fingerprint density at radius 3 is 2.38 bits per heavy atom. The van der Waals surface area contributed by atoms with E-state index in [4.69, 9.17) is 4.18 Å². The van der Waals surface area contributed by atoms with Gasteiger partial charge >= 0.3 is 0 Å². The third kappa shape index (κ3) is 4.73. The van der Waals surface area contributed by atoms with Crippen LogP contribution in [0.3, 0.4) is 0 Å². The molecule has 1 amide bonds. The molecule has 1 aliphatic heterocycles. The lowest BCUT2D eigenvalue weighted by molar-refractivity contribution is 0.0827. The van der Waals surface area contributed by atoms with Crippen LogP contribution in [0.4, 0.5) is 5.82 Å². The van der Waals surface area contributed by atoms with Gasteiger partial charge in [-0.2, -0.15) is 8.42 Å². The highest BCUT2D eigenvalue weighted by atomic mass is 32.2. The molecule has 0 unspecified atom stereocenters. The minimum absolute atomic E-state index is 0.0395. The Balaban J connectivity index is 1.62. The van der Waals surface area contributed by atoms with Gasteiger partial charge in [0.05, 0.1) is 17.9 Å². The average Bonchev–Trinajstić information content (AvgIpc) is 2.77. The monoisotopic (exact) mass is 454 g/mol. The standard InChI is InChI=1S/C23H26N4O4S/c1-26(2)23(28)17-9-7-16(8-10-17)19-5-4-6-20-21(19)24-15-25-22(20)27-13-11-18(12-14-27)31-32(3,29)30/h4-10,15,18H,11-14H2,1-3H3. The van der Waals surface area contributed by atoms with E-state index in [1.165, 1.54) is 0 Å². The normalized spacial score (nSPS) is 15.2. The lowest BCUT2D eigenvalue weighted by Crippen LogP contribution is -2.38. The summed E-state index contributed by atoms with van der Waals surface area (Å²) in [7, 11) is 0.00523. The molecule has 1 aromatic heterocycles. The van der Waals surface area contributed by atoms with E-state index in [-0.39, 0.29) is 12.0 Å². The van der Waals surface area contributed by atoms with Gasteiger partial charge in [0.2, 0.25) is 0 Å². The Morgan fingerprint density at radius 2 is 1.75 bits per heavy atom. The highest BCUT2D eigenvalue weighted by Crippen LogP contribution is 2.32. The zero-order valence-electron chi connectivity index (χ0n) is 18.4. The number of benzene rings is 2.